The lowest BCUT2D eigenvalue weighted by Crippen LogP contribution is -2.38. The highest BCUT2D eigenvalue weighted by molar-refractivity contribution is 5.82. The summed E-state index contributed by atoms with van der Waals surface area (Å²) in [5.74, 6) is 0.749. The topological polar surface area (TPSA) is 56.2 Å². The van der Waals surface area contributed by atoms with Gasteiger partial charge in [-0.1, -0.05) is 36.4 Å². The van der Waals surface area contributed by atoms with E-state index in [0.29, 0.717) is 13.0 Å². The Bertz CT molecular complexity index is 848. The predicted octanol–water partition coefficient (Wildman–Crippen LogP) is 2.53. The van der Waals surface area contributed by atoms with Gasteiger partial charge in [-0.2, -0.15) is 5.10 Å². The quantitative estimate of drug-likeness (QED) is 0.781. The fourth-order valence-electron chi connectivity index (χ4n) is 2.98. The number of nitrogens with zero attached hydrogens (tertiary/aromatic N) is 2. The number of rotatable bonds is 5. The molecule has 3 aromatic rings. The molecule has 5 nitrogen and oxygen atoms in total. The van der Waals surface area contributed by atoms with E-state index in [1.807, 2.05) is 71.7 Å². The molecule has 1 unspecified atom stereocenters. The van der Waals surface area contributed by atoms with Crippen molar-refractivity contribution in [3.63, 3.8) is 0 Å². The second kappa shape index (κ2) is 6.81. The van der Waals surface area contributed by atoms with Gasteiger partial charge in [0.15, 0.2) is 6.10 Å². The van der Waals surface area contributed by atoms with Gasteiger partial charge in [-0.3, -0.25) is 4.79 Å². The first-order valence-corrected chi connectivity index (χ1v) is 8.41. The Balaban J connectivity index is 1.29. The van der Waals surface area contributed by atoms with Gasteiger partial charge >= 0.3 is 0 Å². The fourth-order valence-corrected chi connectivity index (χ4v) is 2.98. The Morgan fingerprint density at radius 2 is 1.96 bits per heavy atom. The summed E-state index contributed by atoms with van der Waals surface area (Å²) < 4.78 is 7.55. The van der Waals surface area contributed by atoms with E-state index >= 15 is 0 Å². The second-order valence-corrected chi connectivity index (χ2v) is 6.09. The molecule has 0 spiro atoms. The van der Waals surface area contributed by atoms with Gasteiger partial charge in [0.1, 0.15) is 5.75 Å². The predicted molar refractivity (Wildman–Crippen MR) is 94.8 cm³/mol. The van der Waals surface area contributed by atoms with Crippen LogP contribution in [0.4, 0.5) is 0 Å². The Morgan fingerprint density at radius 1 is 1.16 bits per heavy atom. The third-order valence-electron chi connectivity index (χ3n) is 4.31. The molecule has 0 aliphatic carbocycles. The van der Waals surface area contributed by atoms with Crippen molar-refractivity contribution in [1.29, 1.82) is 0 Å². The molecule has 0 saturated carbocycles. The number of hydrogen-bond donors (Lipinski definition) is 1. The SMILES string of the molecule is O=C(NCCc1cnn(-c2ccccc2)c1)C1Cc2ccccc2O1. The molecule has 1 aliphatic rings. The summed E-state index contributed by atoms with van der Waals surface area (Å²) >= 11 is 0. The number of para-hydroxylation sites is 2. The van der Waals surface area contributed by atoms with Crippen molar-refractivity contribution in [1.82, 2.24) is 15.1 Å². The van der Waals surface area contributed by atoms with Crippen molar-refractivity contribution in [2.24, 2.45) is 0 Å². The van der Waals surface area contributed by atoms with E-state index in [2.05, 4.69) is 10.4 Å². The molecule has 4 rings (SSSR count). The Morgan fingerprint density at radius 3 is 2.80 bits per heavy atom. The lowest BCUT2D eigenvalue weighted by Gasteiger charge is -2.10. The molecule has 0 bridgehead atoms. The summed E-state index contributed by atoms with van der Waals surface area (Å²) in [7, 11) is 0. The Kier molecular flexibility index (Phi) is 4.21. The average molecular weight is 333 g/mol. The highest BCUT2D eigenvalue weighted by atomic mass is 16.5. The van der Waals surface area contributed by atoms with Crippen molar-refractivity contribution in [2.75, 3.05) is 6.54 Å². The molecule has 2 aromatic carbocycles. The van der Waals surface area contributed by atoms with E-state index in [1.54, 1.807) is 0 Å². The lowest BCUT2D eigenvalue weighted by molar-refractivity contribution is -0.127. The van der Waals surface area contributed by atoms with Gasteiger partial charge in [0, 0.05) is 19.2 Å². The summed E-state index contributed by atoms with van der Waals surface area (Å²) in [6.45, 7) is 0.565. The first-order chi connectivity index (χ1) is 12.3. The number of nitrogens with one attached hydrogen (secondary N) is 1. The largest absolute Gasteiger partial charge is 0.480 e. The summed E-state index contributed by atoms with van der Waals surface area (Å²) in [4.78, 5) is 12.3. The summed E-state index contributed by atoms with van der Waals surface area (Å²) in [6.07, 6.45) is 4.76. The molecule has 0 saturated heterocycles. The van der Waals surface area contributed by atoms with Gasteiger partial charge in [-0.15, -0.1) is 0 Å². The average Bonchev–Trinajstić information content (AvgIpc) is 3.29. The molecule has 2 heterocycles. The standard InChI is InChI=1S/C20H19N3O2/c24-20(19-12-16-6-4-5-9-18(16)25-19)21-11-10-15-13-22-23(14-15)17-7-2-1-3-8-17/h1-9,13-14,19H,10-12H2,(H,21,24). The van der Waals surface area contributed by atoms with Crippen LogP contribution in [0.5, 0.6) is 5.75 Å². The maximum Gasteiger partial charge on any atom is 0.261 e. The van der Waals surface area contributed by atoms with Gasteiger partial charge in [0.2, 0.25) is 0 Å². The number of carbonyl (C=O) groups is 1. The van der Waals surface area contributed by atoms with Gasteiger partial charge in [-0.25, -0.2) is 4.68 Å². The minimum Gasteiger partial charge on any atom is -0.480 e. The Hall–Kier alpha value is -3.08. The van der Waals surface area contributed by atoms with Crippen molar-refractivity contribution >= 4 is 5.91 Å². The third-order valence-corrected chi connectivity index (χ3v) is 4.31. The monoisotopic (exact) mass is 333 g/mol. The van der Waals surface area contributed by atoms with Crippen LogP contribution < -0.4 is 10.1 Å². The zero-order valence-electron chi connectivity index (χ0n) is 13.8. The normalized spacial score (nSPS) is 15.4. The number of ether oxygens (including phenoxy) is 1. The summed E-state index contributed by atoms with van der Waals surface area (Å²) in [5, 5.41) is 7.32. The van der Waals surface area contributed by atoms with Gasteiger partial charge in [0.25, 0.3) is 5.91 Å². The number of fused-ring (bicyclic) bond motifs is 1. The highest BCUT2D eigenvalue weighted by Crippen LogP contribution is 2.28. The smallest absolute Gasteiger partial charge is 0.261 e. The van der Waals surface area contributed by atoms with Crippen LogP contribution in [0.2, 0.25) is 0 Å². The molecule has 1 aromatic heterocycles. The zero-order valence-corrected chi connectivity index (χ0v) is 13.8. The molecule has 1 atom stereocenters. The maximum absolute atomic E-state index is 12.3. The highest BCUT2D eigenvalue weighted by Gasteiger charge is 2.28. The molecule has 126 valence electrons. The number of benzene rings is 2. The first kappa shape index (κ1) is 15.4. The zero-order chi connectivity index (χ0) is 17.1. The third kappa shape index (κ3) is 3.40. The lowest BCUT2D eigenvalue weighted by atomic mass is 10.1. The van der Waals surface area contributed by atoms with Gasteiger partial charge in [-0.05, 0) is 35.7 Å². The van der Waals surface area contributed by atoms with Crippen LogP contribution >= 0.6 is 0 Å². The molecule has 0 fully saturated rings. The van der Waals surface area contributed by atoms with E-state index in [1.165, 1.54) is 0 Å². The number of amides is 1. The molecular weight excluding hydrogens is 314 g/mol. The second-order valence-electron chi connectivity index (χ2n) is 6.09. The van der Waals surface area contributed by atoms with Crippen molar-refractivity contribution in [2.45, 2.75) is 18.9 Å². The van der Waals surface area contributed by atoms with Crippen LogP contribution in [0.1, 0.15) is 11.1 Å². The minimum absolute atomic E-state index is 0.0633. The minimum atomic E-state index is -0.426. The van der Waals surface area contributed by atoms with Crippen LogP contribution in [0.25, 0.3) is 5.69 Å². The molecule has 1 amide bonds. The molecular formula is C20H19N3O2. The molecule has 25 heavy (non-hydrogen) atoms. The molecule has 0 radical (unpaired) electrons. The van der Waals surface area contributed by atoms with E-state index in [9.17, 15) is 4.79 Å². The fraction of sp³-hybridized carbons (Fsp3) is 0.200. The summed E-state index contributed by atoms with van der Waals surface area (Å²) in [6, 6.07) is 17.7. The maximum atomic E-state index is 12.3. The molecule has 5 heteroatoms. The first-order valence-electron chi connectivity index (χ1n) is 8.41. The molecule has 1 aliphatic heterocycles. The van der Waals surface area contributed by atoms with Crippen LogP contribution in [0.3, 0.4) is 0 Å². The van der Waals surface area contributed by atoms with Crippen LogP contribution in [0, 0.1) is 0 Å². The van der Waals surface area contributed by atoms with Crippen LogP contribution in [-0.4, -0.2) is 28.3 Å². The van der Waals surface area contributed by atoms with Crippen LogP contribution in [0.15, 0.2) is 67.0 Å². The van der Waals surface area contributed by atoms with Crippen molar-refractivity contribution in [3.8, 4) is 11.4 Å². The Labute approximate surface area is 146 Å². The number of aromatic nitrogens is 2. The molecule has 1 N–H and O–H groups in total. The van der Waals surface area contributed by atoms with Crippen molar-refractivity contribution in [3.05, 3.63) is 78.1 Å². The van der Waals surface area contributed by atoms with E-state index in [0.717, 1.165) is 29.0 Å². The van der Waals surface area contributed by atoms with E-state index in [4.69, 9.17) is 4.74 Å². The van der Waals surface area contributed by atoms with E-state index in [-0.39, 0.29) is 5.91 Å². The number of hydrogen-bond acceptors (Lipinski definition) is 3. The van der Waals surface area contributed by atoms with E-state index < -0.39 is 6.10 Å². The number of carbonyl (C=O) groups excluding carboxylic acids is 1. The van der Waals surface area contributed by atoms with Crippen LogP contribution in [-0.2, 0) is 17.6 Å². The van der Waals surface area contributed by atoms with Gasteiger partial charge < -0.3 is 10.1 Å². The van der Waals surface area contributed by atoms with Gasteiger partial charge in [0.05, 0.1) is 11.9 Å². The summed E-state index contributed by atoms with van der Waals surface area (Å²) in [5.41, 5.74) is 3.20. The van der Waals surface area contributed by atoms with Crippen molar-refractivity contribution < 1.29 is 9.53 Å².